The molecule has 3 heteroatoms. The molecule has 1 aliphatic rings. The van der Waals surface area contributed by atoms with Gasteiger partial charge in [-0.2, -0.15) is 0 Å². The van der Waals surface area contributed by atoms with Crippen LogP contribution in [0.1, 0.15) is 12.8 Å². The van der Waals surface area contributed by atoms with E-state index in [1.165, 1.54) is 12.1 Å². The molecule has 0 aromatic heterocycles. The summed E-state index contributed by atoms with van der Waals surface area (Å²) in [6.45, 7) is 3.53. The van der Waals surface area contributed by atoms with Crippen molar-refractivity contribution in [1.82, 2.24) is 4.90 Å². The van der Waals surface area contributed by atoms with Crippen LogP contribution in [-0.4, -0.2) is 49.3 Å². The van der Waals surface area contributed by atoms with Gasteiger partial charge in [0.05, 0.1) is 0 Å². The lowest BCUT2D eigenvalue weighted by atomic mass is 10.1. The number of hydrogen-bond donors (Lipinski definition) is 1. The Morgan fingerprint density at radius 3 is 2.71 bits per heavy atom. The van der Waals surface area contributed by atoms with Crippen LogP contribution in [0.15, 0.2) is 30.3 Å². The first-order valence-corrected chi connectivity index (χ1v) is 6.42. The van der Waals surface area contributed by atoms with Crippen molar-refractivity contribution in [2.45, 2.75) is 18.9 Å². The Morgan fingerprint density at radius 1 is 1.24 bits per heavy atom. The maximum Gasteiger partial charge on any atom is 0.0451 e. The van der Waals surface area contributed by atoms with E-state index in [9.17, 15) is 5.11 Å². The largest absolute Gasteiger partial charge is 0.396 e. The van der Waals surface area contributed by atoms with Crippen LogP contribution in [0.3, 0.4) is 0 Å². The van der Waals surface area contributed by atoms with Crippen molar-refractivity contribution < 1.29 is 5.11 Å². The van der Waals surface area contributed by atoms with Gasteiger partial charge < -0.3 is 14.9 Å². The first kappa shape index (κ1) is 12.4. The Labute approximate surface area is 104 Å². The van der Waals surface area contributed by atoms with E-state index in [1.807, 2.05) is 0 Å². The summed E-state index contributed by atoms with van der Waals surface area (Å²) in [6, 6.07) is 11.0. The van der Waals surface area contributed by atoms with Crippen LogP contribution in [0.2, 0.25) is 0 Å². The van der Waals surface area contributed by atoms with E-state index in [0.29, 0.717) is 6.04 Å². The Balaban J connectivity index is 2.16. The summed E-state index contributed by atoms with van der Waals surface area (Å²) in [5.74, 6) is 0. The summed E-state index contributed by atoms with van der Waals surface area (Å²) in [6.07, 6.45) is 2.03. The zero-order valence-corrected chi connectivity index (χ0v) is 10.5. The summed E-state index contributed by atoms with van der Waals surface area (Å²) in [4.78, 5) is 4.81. The molecule has 3 nitrogen and oxygen atoms in total. The second kappa shape index (κ2) is 6.03. The smallest absolute Gasteiger partial charge is 0.0451 e. The highest BCUT2D eigenvalue weighted by atomic mass is 16.3. The average Bonchev–Trinajstić information content (AvgIpc) is 2.52. The lowest BCUT2D eigenvalue weighted by Gasteiger charge is -2.32. The molecule has 1 aliphatic heterocycles. The molecule has 0 amide bonds. The molecule has 2 rings (SSSR count). The molecular weight excluding hydrogens is 212 g/mol. The molecule has 1 aromatic rings. The molecule has 17 heavy (non-hydrogen) atoms. The normalized spacial score (nSPS) is 22.5. The van der Waals surface area contributed by atoms with Gasteiger partial charge in [0.2, 0.25) is 0 Å². The van der Waals surface area contributed by atoms with Gasteiger partial charge in [0.1, 0.15) is 0 Å². The predicted molar refractivity (Wildman–Crippen MR) is 71.4 cm³/mol. The van der Waals surface area contributed by atoms with Crippen molar-refractivity contribution >= 4 is 5.69 Å². The molecule has 0 bridgehead atoms. The second-order valence-electron chi connectivity index (χ2n) is 4.81. The molecule has 1 saturated heterocycles. The van der Waals surface area contributed by atoms with Crippen LogP contribution < -0.4 is 4.90 Å². The highest BCUT2D eigenvalue weighted by molar-refractivity contribution is 5.47. The molecule has 1 atom stereocenters. The second-order valence-corrected chi connectivity index (χ2v) is 4.81. The lowest BCUT2D eigenvalue weighted by Crippen LogP contribution is -2.40. The van der Waals surface area contributed by atoms with Gasteiger partial charge in [-0.05, 0) is 38.6 Å². The van der Waals surface area contributed by atoms with E-state index < -0.39 is 0 Å². The number of rotatable bonds is 3. The van der Waals surface area contributed by atoms with Gasteiger partial charge in [-0.1, -0.05) is 18.2 Å². The van der Waals surface area contributed by atoms with Crippen molar-refractivity contribution in [3.05, 3.63) is 30.3 Å². The number of benzene rings is 1. The highest BCUT2D eigenvalue weighted by Crippen LogP contribution is 2.21. The Morgan fingerprint density at radius 2 is 2.00 bits per heavy atom. The molecule has 0 aliphatic carbocycles. The van der Waals surface area contributed by atoms with Gasteiger partial charge in [0, 0.05) is 31.4 Å². The quantitative estimate of drug-likeness (QED) is 0.860. The van der Waals surface area contributed by atoms with Gasteiger partial charge in [-0.25, -0.2) is 0 Å². The minimum atomic E-state index is 0.266. The van der Waals surface area contributed by atoms with Crippen LogP contribution in [-0.2, 0) is 0 Å². The number of hydrogen-bond acceptors (Lipinski definition) is 3. The maximum atomic E-state index is 9.22. The SMILES string of the molecule is CN1CCCN(c2ccccc2)C(CCO)C1. The minimum absolute atomic E-state index is 0.266. The Kier molecular flexibility index (Phi) is 4.40. The third-order valence-electron chi connectivity index (χ3n) is 3.45. The standard InChI is InChI=1S/C14H22N2O/c1-15-9-5-10-16(14(12-15)8-11-17)13-6-3-2-4-7-13/h2-4,6-7,14,17H,5,8-12H2,1H3. The van der Waals surface area contributed by atoms with E-state index in [2.05, 4.69) is 47.2 Å². The van der Waals surface area contributed by atoms with Gasteiger partial charge in [-0.15, -0.1) is 0 Å². The topological polar surface area (TPSA) is 26.7 Å². The maximum absolute atomic E-state index is 9.22. The van der Waals surface area contributed by atoms with Crippen LogP contribution in [0.4, 0.5) is 5.69 Å². The van der Waals surface area contributed by atoms with Gasteiger partial charge in [0.25, 0.3) is 0 Å². The number of nitrogens with zero attached hydrogens (tertiary/aromatic N) is 2. The van der Waals surface area contributed by atoms with Crippen LogP contribution >= 0.6 is 0 Å². The Hall–Kier alpha value is -1.06. The predicted octanol–water partition coefficient (Wildman–Crippen LogP) is 1.58. The molecule has 1 aromatic carbocycles. The molecule has 0 radical (unpaired) electrons. The van der Waals surface area contributed by atoms with Crippen molar-refractivity contribution in [3.63, 3.8) is 0 Å². The lowest BCUT2D eigenvalue weighted by molar-refractivity contribution is 0.253. The first-order valence-electron chi connectivity index (χ1n) is 6.42. The highest BCUT2D eigenvalue weighted by Gasteiger charge is 2.22. The number of likely N-dealkylation sites (N-methyl/N-ethyl adjacent to an activating group) is 1. The van der Waals surface area contributed by atoms with E-state index >= 15 is 0 Å². The molecule has 0 spiro atoms. The summed E-state index contributed by atoms with van der Waals surface area (Å²) in [5.41, 5.74) is 1.28. The summed E-state index contributed by atoms with van der Waals surface area (Å²) in [7, 11) is 2.17. The molecule has 94 valence electrons. The third kappa shape index (κ3) is 3.20. The van der Waals surface area contributed by atoms with Crippen LogP contribution in [0.25, 0.3) is 0 Å². The fourth-order valence-electron chi connectivity index (χ4n) is 2.60. The fourth-order valence-corrected chi connectivity index (χ4v) is 2.60. The van der Waals surface area contributed by atoms with Crippen molar-refractivity contribution in [2.75, 3.05) is 38.2 Å². The molecule has 0 saturated carbocycles. The fraction of sp³-hybridized carbons (Fsp3) is 0.571. The molecular formula is C14H22N2O. The monoisotopic (exact) mass is 234 g/mol. The number of aliphatic hydroxyl groups excluding tert-OH is 1. The van der Waals surface area contributed by atoms with E-state index in [0.717, 1.165) is 26.1 Å². The molecule has 1 heterocycles. The minimum Gasteiger partial charge on any atom is -0.396 e. The summed E-state index contributed by atoms with van der Waals surface area (Å²) >= 11 is 0. The van der Waals surface area contributed by atoms with Gasteiger partial charge >= 0.3 is 0 Å². The first-order chi connectivity index (χ1) is 8.31. The van der Waals surface area contributed by atoms with Gasteiger partial charge in [0.15, 0.2) is 0 Å². The van der Waals surface area contributed by atoms with Crippen molar-refractivity contribution in [1.29, 1.82) is 0 Å². The van der Waals surface area contributed by atoms with E-state index in [-0.39, 0.29) is 6.61 Å². The van der Waals surface area contributed by atoms with E-state index in [1.54, 1.807) is 0 Å². The third-order valence-corrected chi connectivity index (χ3v) is 3.45. The molecule has 1 unspecified atom stereocenters. The number of aliphatic hydroxyl groups is 1. The van der Waals surface area contributed by atoms with Gasteiger partial charge in [-0.3, -0.25) is 0 Å². The number of anilines is 1. The summed E-state index contributed by atoms with van der Waals surface area (Å²) < 4.78 is 0. The molecule has 1 fully saturated rings. The average molecular weight is 234 g/mol. The van der Waals surface area contributed by atoms with Crippen LogP contribution in [0.5, 0.6) is 0 Å². The zero-order valence-electron chi connectivity index (χ0n) is 10.5. The zero-order chi connectivity index (χ0) is 12.1. The summed E-state index contributed by atoms with van der Waals surface area (Å²) in [5, 5.41) is 9.22. The van der Waals surface area contributed by atoms with Crippen molar-refractivity contribution in [2.24, 2.45) is 0 Å². The molecule has 1 N–H and O–H groups in total. The van der Waals surface area contributed by atoms with Crippen molar-refractivity contribution in [3.8, 4) is 0 Å². The van der Waals surface area contributed by atoms with Crippen LogP contribution in [0, 0.1) is 0 Å². The van der Waals surface area contributed by atoms with E-state index in [4.69, 9.17) is 0 Å². The Bertz CT molecular complexity index is 328. The number of para-hydroxylation sites is 1.